The van der Waals surface area contributed by atoms with E-state index in [4.69, 9.17) is 4.74 Å². The van der Waals surface area contributed by atoms with Gasteiger partial charge in [-0.2, -0.15) is 0 Å². The van der Waals surface area contributed by atoms with Gasteiger partial charge in [0.25, 0.3) is 0 Å². The van der Waals surface area contributed by atoms with Crippen LogP contribution >= 0.6 is 0 Å². The Bertz CT molecular complexity index is 653. The topological polar surface area (TPSA) is 48.9 Å². The SMILES string of the molecule is CCNC(=NCc1ccc(CN(C)C)cc1)NCCOc1ccccc1. The lowest BCUT2D eigenvalue weighted by molar-refractivity contribution is 0.322. The van der Waals surface area contributed by atoms with E-state index in [9.17, 15) is 0 Å². The maximum absolute atomic E-state index is 5.69. The fraction of sp³-hybridized carbons (Fsp3) is 0.381. The molecule has 0 heterocycles. The average molecular weight is 354 g/mol. The molecule has 0 saturated heterocycles. The third-order valence-electron chi connectivity index (χ3n) is 3.69. The number of para-hydroxylation sites is 1. The minimum atomic E-state index is 0.591. The summed E-state index contributed by atoms with van der Waals surface area (Å²) in [7, 11) is 4.15. The molecule has 0 aromatic heterocycles. The summed E-state index contributed by atoms with van der Waals surface area (Å²) in [4.78, 5) is 6.81. The molecule has 2 rings (SSSR count). The number of nitrogens with one attached hydrogen (secondary N) is 2. The van der Waals surface area contributed by atoms with Crippen LogP contribution < -0.4 is 15.4 Å². The van der Waals surface area contributed by atoms with E-state index >= 15 is 0 Å². The normalized spacial score (nSPS) is 11.5. The highest BCUT2D eigenvalue weighted by atomic mass is 16.5. The van der Waals surface area contributed by atoms with Gasteiger partial charge in [-0.25, -0.2) is 4.99 Å². The second kappa shape index (κ2) is 11.2. The van der Waals surface area contributed by atoms with Crippen LogP contribution in [0.2, 0.25) is 0 Å². The fourth-order valence-corrected chi connectivity index (χ4v) is 2.48. The summed E-state index contributed by atoms with van der Waals surface area (Å²) >= 11 is 0. The van der Waals surface area contributed by atoms with Crippen molar-refractivity contribution in [2.75, 3.05) is 33.8 Å². The van der Waals surface area contributed by atoms with Gasteiger partial charge in [0.05, 0.1) is 13.1 Å². The molecule has 0 aliphatic rings. The molecule has 5 heteroatoms. The summed E-state index contributed by atoms with van der Waals surface area (Å²) in [5, 5.41) is 6.57. The molecular weight excluding hydrogens is 324 g/mol. The van der Waals surface area contributed by atoms with E-state index in [0.717, 1.165) is 24.8 Å². The maximum Gasteiger partial charge on any atom is 0.191 e. The molecule has 0 fully saturated rings. The Kier molecular flexibility index (Phi) is 8.49. The van der Waals surface area contributed by atoms with Gasteiger partial charge in [-0.3, -0.25) is 0 Å². The number of aliphatic imine (C=N–C) groups is 1. The summed E-state index contributed by atoms with van der Waals surface area (Å²) in [6, 6.07) is 18.5. The Hall–Kier alpha value is -2.53. The highest BCUT2D eigenvalue weighted by molar-refractivity contribution is 5.79. The van der Waals surface area contributed by atoms with E-state index in [1.165, 1.54) is 11.1 Å². The molecular formula is C21H30N4O. The van der Waals surface area contributed by atoms with Crippen molar-refractivity contribution in [2.45, 2.75) is 20.0 Å². The van der Waals surface area contributed by atoms with Crippen LogP contribution in [0.1, 0.15) is 18.1 Å². The minimum Gasteiger partial charge on any atom is -0.492 e. The van der Waals surface area contributed by atoms with Crippen LogP contribution in [-0.2, 0) is 13.1 Å². The zero-order chi connectivity index (χ0) is 18.6. The average Bonchev–Trinajstić information content (AvgIpc) is 2.64. The third-order valence-corrected chi connectivity index (χ3v) is 3.69. The number of ether oxygens (including phenoxy) is 1. The Morgan fingerprint density at radius 1 is 0.962 bits per heavy atom. The lowest BCUT2D eigenvalue weighted by atomic mass is 10.1. The van der Waals surface area contributed by atoms with Crippen molar-refractivity contribution < 1.29 is 4.74 Å². The molecule has 0 atom stereocenters. The number of guanidine groups is 1. The zero-order valence-electron chi connectivity index (χ0n) is 16.0. The van der Waals surface area contributed by atoms with Crippen molar-refractivity contribution in [3.8, 4) is 5.75 Å². The molecule has 2 aromatic rings. The van der Waals surface area contributed by atoms with Crippen LogP contribution in [0.3, 0.4) is 0 Å². The van der Waals surface area contributed by atoms with E-state index in [2.05, 4.69) is 65.8 Å². The van der Waals surface area contributed by atoms with E-state index in [0.29, 0.717) is 19.7 Å². The molecule has 26 heavy (non-hydrogen) atoms. The molecule has 140 valence electrons. The minimum absolute atomic E-state index is 0.591. The second-order valence-electron chi connectivity index (χ2n) is 6.34. The molecule has 0 radical (unpaired) electrons. The van der Waals surface area contributed by atoms with Gasteiger partial charge < -0.3 is 20.3 Å². The summed E-state index contributed by atoms with van der Waals surface area (Å²) in [5.74, 6) is 1.69. The molecule has 5 nitrogen and oxygen atoms in total. The summed E-state index contributed by atoms with van der Waals surface area (Å²) in [6.07, 6.45) is 0. The van der Waals surface area contributed by atoms with Gasteiger partial charge in [-0.15, -0.1) is 0 Å². The van der Waals surface area contributed by atoms with Crippen LogP contribution in [0.15, 0.2) is 59.6 Å². The van der Waals surface area contributed by atoms with Crippen molar-refractivity contribution >= 4 is 5.96 Å². The zero-order valence-corrected chi connectivity index (χ0v) is 16.0. The number of nitrogens with zero attached hydrogens (tertiary/aromatic N) is 2. The van der Waals surface area contributed by atoms with Crippen LogP contribution in [-0.4, -0.2) is 44.7 Å². The monoisotopic (exact) mass is 354 g/mol. The Labute approximate surface area is 157 Å². The quantitative estimate of drug-likeness (QED) is 0.413. The summed E-state index contributed by atoms with van der Waals surface area (Å²) in [5.41, 5.74) is 2.51. The van der Waals surface area contributed by atoms with Gasteiger partial charge in [0.1, 0.15) is 12.4 Å². The van der Waals surface area contributed by atoms with Crippen molar-refractivity contribution in [2.24, 2.45) is 4.99 Å². The number of hydrogen-bond acceptors (Lipinski definition) is 3. The first kappa shape index (κ1) is 19.8. The van der Waals surface area contributed by atoms with E-state index in [-0.39, 0.29) is 0 Å². The number of rotatable bonds is 9. The van der Waals surface area contributed by atoms with Crippen LogP contribution in [0, 0.1) is 0 Å². The Morgan fingerprint density at radius 2 is 1.65 bits per heavy atom. The predicted molar refractivity (Wildman–Crippen MR) is 109 cm³/mol. The Morgan fingerprint density at radius 3 is 2.31 bits per heavy atom. The van der Waals surface area contributed by atoms with Crippen molar-refractivity contribution in [3.63, 3.8) is 0 Å². The van der Waals surface area contributed by atoms with Gasteiger partial charge in [-0.05, 0) is 44.3 Å². The molecule has 2 aromatic carbocycles. The predicted octanol–water partition coefficient (Wildman–Crippen LogP) is 2.88. The first-order valence-electron chi connectivity index (χ1n) is 9.10. The highest BCUT2D eigenvalue weighted by Crippen LogP contribution is 2.08. The van der Waals surface area contributed by atoms with Crippen LogP contribution in [0.5, 0.6) is 5.75 Å². The molecule has 0 aliphatic carbocycles. The molecule has 0 spiro atoms. The van der Waals surface area contributed by atoms with Gasteiger partial charge in [0, 0.05) is 13.1 Å². The fourth-order valence-electron chi connectivity index (χ4n) is 2.48. The maximum atomic E-state index is 5.69. The summed E-state index contributed by atoms with van der Waals surface area (Å²) < 4.78 is 5.69. The summed E-state index contributed by atoms with van der Waals surface area (Å²) in [6.45, 7) is 5.78. The van der Waals surface area contributed by atoms with Crippen molar-refractivity contribution in [1.29, 1.82) is 0 Å². The van der Waals surface area contributed by atoms with Crippen molar-refractivity contribution in [3.05, 3.63) is 65.7 Å². The van der Waals surface area contributed by atoms with E-state index in [1.807, 2.05) is 30.3 Å². The van der Waals surface area contributed by atoms with Gasteiger partial charge in [-0.1, -0.05) is 42.5 Å². The lowest BCUT2D eigenvalue weighted by Crippen LogP contribution is -2.39. The standard InChI is InChI=1S/C21H30N4O/c1-4-22-21(23-14-15-26-20-8-6-5-7-9-20)24-16-18-10-12-19(13-11-18)17-25(2)3/h5-13H,4,14-17H2,1-3H3,(H2,22,23,24). The first-order chi connectivity index (χ1) is 12.7. The van der Waals surface area contributed by atoms with Gasteiger partial charge in [0.15, 0.2) is 5.96 Å². The van der Waals surface area contributed by atoms with Crippen molar-refractivity contribution in [1.82, 2.24) is 15.5 Å². The smallest absolute Gasteiger partial charge is 0.191 e. The van der Waals surface area contributed by atoms with Gasteiger partial charge >= 0.3 is 0 Å². The van der Waals surface area contributed by atoms with Crippen LogP contribution in [0.4, 0.5) is 0 Å². The number of hydrogen-bond donors (Lipinski definition) is 2. The van der Waals surface area contributed by atoms with E-state index < -0.39 is 0 Å². The number of benzene rings is 2. The third kappa shape index (κ3) is 7.57. The molecule has 0 saturated carbocycles. The highest BCUT2D eigenvalue weighted by Gasteiger charge is 1.99. The molecule has 0 bridgehead atoms. The van der Waals surface area contributed by atoms with Gasteiger partial charge in [0.2, 0.25) is 0 Å². The largest absolute Gasteiger partial charge is 0.492 e. The second-order valence-corrected chi connectivity index (χ2v) is 6.34. The first-order valence-corrected chi connectivity index (χ1v) is 9.10. The molecule has 2 N–H and O–H groups in total. The molecule has 0 amide bonds. The van der Waals surface area contributed by atoms with Crippen LogP contribution in [0.25, 0.3) is 0 Å². The molecule has 0 unspecified atom stereocenters. The van der Waals surface area contributed by atoms with E-state index in [1.54, 1.807) is 0 Å². The lowest BCUT2D eigenvalue weighted by Gasteiger charge is -2.12. The Balaban J connectivity index is 1.79. The molecule has 0 aliphatic heterocycles.